The second-order valence-corrected chi connectivity index (χ2v) is 6.10. The van der Waals surface area contributed by atoms with E-state index in [0.29, 0.717) is 23.8 Å². The number of amides is 2. The van der Waals surface area contributed by atoms with Gasteiger partial charge < -0.3 is 21.5 Å². The van der Waals surface area contributed by atoms with E-state index in [1.807, 2.05) is 6.92 Å². The SMILES string of the molecule is CC(C)CC(C)(CN)NC(=O)c1ccc(OCC(N)=O)cc1.Cl. The van der Waals surface area contributed by atoms with Crippen molar-refractivity contribution >= 4 is 24.2 Å². The van der Waals surface area contributed by atoms with Crippen molar-refractivity contribution in [2.45, 2.75) is 32.7 Å². The molecule has 130 valence electrons. The summed E-state index contributed by atoms with van der Waals surface area (Å²) in [7, 11) is 0. The van der Waals surface area contributed by atoms with Crippen LogP contribution in [0.4, 0.5) is 0 Å². The van der Waals surface area contributed by atoms with Crippen LogP contribution in [0.3, 0.4) is 0 Å². The van der Waals surface area contributed by atoms with Gasteiger partial charge in [0.05, 0.1) is 0 Å². The number of benzene rings is 1. The molecule has 7 heteroatoms. The number of rotatable bonds is 8. The molecule has 2 amide bonds. The Hall–Kier alpha value is -1.79. The molecule has 0 spiro atoms. The van der Waals surface area contributed by atoms with Crippen LogP contribution < -0.4 is 21.5 Å². The fourth-order valence-electron chi connectivity index (χ4n) is 2.29. The molecular formula is C16H26ClN3O3. The lowest BCUT2D eigenvalue weighted by atomic mass is 9.90. The normalized spacial score (nSPS) is 12.9. The van der Waals surface area contributed by atoms with Crippen molar-refractivity contribution in [3.05, 3.63) is 29.8 Å². The van der Waals surface area contributed by atoms with E-state index in [1.54, 1.807) is 24.3 Å². The third-order valence-electron chi connectivity index (χ3n) is 3.22. The summed E-state index contributed by atoms with van der Waals surface area (Å²) >= 11 is 0. The third kappa shape index (κ3) is 7.34. The number of hydrogen-bond donors (Lipinski definition) is 3. The molecule has 0 fully saturated rings. The minimum absolute atomic E-state index is 0. The van der Waals surface area contributed by atoms with Gasteiger partial charge in [-0.05, 0) is 43.5 Å². The van der Waals surface area contributed by atoms with Crippen molar-refractivity contribution in [1.29, 1.82) is 0 Å². The maximum atomic E-state index is 12.3. The minimum atomic E-state index is -0.547. The molecule has 5 N–H and O–H groups in total. The Bertz CT molecular complexity index is 520. The van der Waals surface area contributed by atoms with E-state index in [2.05, 4.69) is 19.2 Å². The summed E-state index contributed by atoms with van der Waals surface area (Å²) in [4.78, 5) is 22.9. The first-order valence-electron chi connectivity index (χ1n) is 7.29. The highest BCUT2D eigenvalue weighted by molar-refractivity contribution is 5.94. The van der Waals surface area contributed by atoms with Gasteiger partial charge in [0.15, 0.2) is 6.61 Å². The number of carbonyl (C=O) groups is 2. The number of nitrogens with one attached hydrogen (secondary N) is 1. The first-order valence-corrected chi connectivity index (χ1v) is 7.29. The Labute approximate surface area is 143 Å². The second kappa shape index (κ2) is 9.37. The van der Waals surface area contributed by atoms with Crippen LogP contribution >= 0.6 is 12.4 Å². The van der Waals surface area contributed by atoms with Crippen LogP contribution in [-0.2, 0) is 4.79 Å². The molecular weight excluding hydrogens is 318 g/mol. The van der Waals surface area contributed by atoms with Crippen LogP contribution in [0.25, 0.3) is 0 Å². The Morgan fingerprint density at radius 1 is 1.26 bits per heavy atom. The van der Waals surface area contributed by atoms with Crippen LogP contribution in [0.2, 0.25) is 0 Å². The molecule has 0 radical (unpaired) electrons. The van der Waals surface area contributed by atoms with Gasteiger partial charge in [-0.25, -0.2) is 0 Å². The Kier molecular flexibility index (Phi) is 8.64. The van der Waals surface area contributed by atoms with Gasteiger partial charge >= 0.3 is 0 Å². The van der Waals surface area contributed by atoms with E-state index in [9.17, 15) is 9.59 Å². The average Bonchev–Trinajstić information content (AvgIpc) is 2.44. The Balaban J connectivity index is 0.00000484. The molecule has 1 unspecified atom stereocenters. The predicted octanol–water partition coefficient (Wildman–Crippen LogP) is 1.47. The van der Waals surface area contributed by atoms with Crippen LogP contribution in [0.5, 0.6) is 5.75 Å². The van der Waals surface area contributed by atoms with Gasteiger partial charge in [-0.2, -0.15) is 0 Å². The fourth-order valence-corrected chi connectivity index (χ4v) is 2.29. The predicted molar refractivity (Wildman–Crippen MR) is 92.8 cm³/mol. The number of carbonyl (C=O) groups excluding carboxylic acids is 2. The fraction of sp³-hybridized carbons (Fsp3) is 0.500. The highest BCUT2D eigenvalue weighted by Gasteiger charge is 2.26. The maximum absolute atomic E-state index is 12.3. The van der Waals surface area contributed by atoms with Crippen molar-refractivity contribution < 1.29 is 14.3 Å². The molecule has 0 heterocycles. The van der Waals surface area contributed by atoms with Crippen molar-refractivity contribution in [1.82, 2.24) is 5.32 Å². The van der Waals surface area contributed by atoms with Gasteiger partial charge in [-0.15, -0.1) is 12.4 Å². The summed E-state index contributed by atoms with van der Waals surface area (Å²) in [5.74, 6) is 0.182. The maximum Gasteiger partial charge on any atom is 0.255 e. The number of halogens is 1. The van der Waals surface area contributed by atoms with E-state index in [0.717, 1.165) is 6.42 Å². The van der Waals surface area contributed by atoms with Gasteiger partial charge in [-0.3, -0.25) is 9.59 Å². The molecule has 1 atom stereocenters. The summed E-state index contributed by atoms with van der Waals surface area (Å²) in [6.45, 7) is 6.30. The monoisotopic (exact) mass is 343 g/mol. The summed E-state index contributed by atoms with van der Waals surface area (Å²) in [5.41, 5.74) is 10.9. The summed E-state index contributed by atoms with van der Waals surface area (Å²) in [6.07, 6.45) is 0.801. The standard InChI is InChI=1S/C16H25N3O3.ClH/c1-11(2)8-16(3,10-17)19-15(21)12-4-6-13(7-5-12)22-9-14(18)20;/h4-7,11H,8-10,17H2,1-3H3,(H2,18,20)(H,19,21);1H. The smallest absolute Gasteiger partial charge is 0.255 e. The zero-order chi connectivity index (χ0) is 16.8. The van der Waals surface area contributed by atoms with Gasteiger partial charge in [0, 0.05) is 17.6 Å². The zero-order valence-electron chi connectivity index (χ0n) is 13.8. The molecule has 1 aromatic rings. The van der Waals surface area contributed by atoms with Gasteiger partial charge in [-0.1, -0.05) is 13.8 Å². The first kappa shape index (κ1) is 21.2. The van der Waals surface area contributed by atoms with Crippen molar-refractivity contribution in [2.75, 3.05) is 13.2 Å². The van der Waals surface area contributed by atoms with E-state index < -0.39 is 11.4 Å². The molecule has 0 aliphatic heterocycles. The molecule has 6 nitrogen and oxygen atoms in total. The van der Waals surface area contributed by atoms with Crippen molar-refractivity contribution in [3.8, 4) is 5.75 Å². The highest BCUT2D eigenvalue weighted by atomic mass is 35.5. The summed E-state index contributed by atoms with van der Waals surface area (Å²) in [5, 5.41) is 2.98. The second-order valence-electron chi connectivity index (χ2n) is 6.10. The molecule has 0 aromatic heterocycles. The van der Waals surface area contributed by atoms with E-state index >= 15 is 0 Å². The number of primary amides is 1. The van der Waals surface area contributed by atoms with Crippen LogP contribution in [-0.4, -0.2) is 30.5 Å². The van der Waals surface area contributed by atoms with Crippen LogP contribution in [0, 0.1) is 5.92 Å². The molecule has 1 aromatic carbocycles. The molecule has 1 rings (SSSR count). The topological polar surface area (TPSA) is 107 Å². The van der Waals surface area contributed by atoms with E-state index in [1.165, 1.54) is 0 Å². The van der Waals surface area contributed by atoms with Crippen molar-refractivity contribution in [3.63, 3.8) is 0 Å². The molecule has 0 aliphatic carbocycles. The zero-order valence-corrected chi connectivity index (χ0v) is 14.6. The number of ether oxygens (including phenoxy) is 1. The van der Waals surface area contributed by atoms with Gasteiger partial charge in [0.1, 0.15) is 5.75 Å². The van der Waals surface area contributed by atoms with E-state index in [4.69, 9.17) is 16.2 Å². The Morgan fingerprint density at radius 3 is 2.26 bits per heavy atom. The third-order valence-corrected chi connectivity index (χ3v) is 3.22. The molecule has 0 saturated heterocycles. The minimum Gasteiger partial charge on any atom is -0.484 e. The molecule has 0 aliphatic rings. The number of nitrogens with two attached hydrogens (primary N) is 2. The largest absolute Gasteiger partial charge is 0.484 e. The van der Waals surface area contributed by atoms with Crippen molar-refractivity contribution in [2.24, 2.45) is 17.4 Å². The highest BCUT2D eigenvalue weighted by Crippen LogP contribution is 2.17. The van der Waals surface area contributed by atoms with Crippen LogP contribution in [0.15, 0.2) is 24.3 Å². The lowest BCUT2D eigenvalue weighted by Crippen LogP contribution is -2.52. The van der Waals surface area contributed by atoms with Gasteiger partial charge in [0.25, 0.3) is 11.8 Å². The quantitative estimate of drug-likeness (QED) is 0.664. The summed E-state index contributed by atoms with van der Waals surface area (Å²) < 4.78 is 5.15. The van der Waals surface area contributed by atoms with Gasteiger partial charge in [0.2, 0.25) is 0 Å². The molecule has 0 saturated carbocycles. The Morgan fingerprint density at radius 2 is 1.83 bits per heavy atom. The van der Waals surface area contributed by atoms with Crippen LogP contribution in [0.1, 0.15) is 37.6 Å². The number of hydrogen-bond acceptors (Lipinski definition) is 4. The summed E-state index contributed by atoms with van der Waals surface area (Å²) in [6, 6.07) is 6.52. The first-order chi connectivity index (χ1) is 10.3. The molecule has 23 heavy (non-hydrogen) atoms. The van der Waals surface area contributed by atoms with E-state index in [-0.39, 0.29) is 24.9 Å². The molecule has 0 bridgehead atoms. The average molecular weight is 344 g/mol. The lowest BCUT2D eigenvalue weighted by Gasteiger charge is -2.31. The lowest BCUT2D eigenvalue weighted by molar-refractivity contribution is -0.119.